The van der Waals surface area contributed by atoms with Crippen LogP contribution in [0.4, 0.5) is 0 Å². The van der Waals surface area contributed by atoms with Gasteiger partial charge in [0.05, 0.1) is 0 Å². The van der Waals surface area contributed by atoms with E-state index in [1.165, 1.54) is 20.2 Å². The normalized spacial score (nSPS) is 10.2. The molecule has 0 fully saturated rings. The van der Waals surface area contributed by atoms with Crippen LogP contribution < -0.4 is 5.30 Å². The molecule has 1 aliphatic rings. The molecule has 4 heteroatoms. The van der Waals surface area contributed by atoms with Gasteiger partial charge in [-0.3, -0.25) is 6.08 Å². The average Bonchev–Trinajstić information content (AvgIpc) is 3.30. The molecule has 0 aromatic heterocycles. The fraction of sp³-hybridized carbons (Fsp3) is 0.0417. The van der Waals surface area contributed by atoms with E-state index in [9.17, 15) is 0 Å². The first kappa shape index (κ1) is 26.7. The van der Waals surface area contributed by atoms with Crippen LogP contribution in [0.25, 0.3) is 0 Å². The average molecular weight is 462 g/mol. The molecule has 0 nitrogen and oxygen atoms in total. The predicted octanol–water partition coefficient (Wildman–Crippen LogP) is 6.14. The summed E-state index contributed by atoms with van der Waals surface area (Å²) in [5.41, 5.74) is 2.58. The van der Waals surface area contributed by atoms with Gasteiger partial charge >= 0.3 is 95.6 Å². The number of halogens is 2. The maximum absolute atomic E-state index is 2.99. The molecule has 0 heterocycles. The molecule has 0 spiro atoms. The van der Waals surface area contributed by atoms with Gasteiger partial charge < -0.3 is 0 Å². The molecule has 0 radical (unpaired) electrons. The topological polar surface area (TPSA) is 0 Å². The summed E-state index contributed by atoms with van der Waals surface area (Å²) in [6.07, 6.45) is 10.0. The van der Waals surface area contributed by atoms with E-state index in [1.54, 1.807) is 0 Å². The van der Waals surface area contributed by atoms with Gasteiger partial charge in [0.15, 0.2) is 0 Å². The second-order valence-corrected chi connectivity index (χ2v) is 6.97. The van der Waals surface area contributed by atoms with Crippen molar-refractivity contribution in [2.24, 2.45) is 0 Å². The fourth-order valence-electron chi connectivity index (χ4n) is 2.17. The quantitative estimate of drug-likeness (QED) is 0.244. The molecule has 0 aliphatic heterocycles. The van der Waals surface area contributed by atoms with Gasteiger partial charge in [-0.25, -0.2) is 12.2 Å². The molecule has 0 N–H and O–H groups in total. The molecule has 0 saturated carbocycles. The third-order valence-electron chi connectivity index (χ3n) is 3.51. The van der Waals surface area contributed by atoms with Crippen molar-refractivity contribution in [2.45, 2.75) is 6.42 Å². The van der Waals surface area contributed by atoms with E-state index < -0.39 is 0 Å². The first-order valence-electron chi connectivity index (χ1n) is 8.49. The molecule has 1 atom stereocenters. The third kappa shape index (κ3) is 10.9. The van der Waals surface area contributed by atoms with E-state index >= 15 is 0 Å². The van der Waals surface area contributed by atoms with Gasteiger partial charge in [0, 0.05) is 0 Å². The van der Waals surface area contributed by atoms with Crippen molar-refractivity contribution in [1.29, 1.82) is 0 Å². The van der Waals surface area contributed by atoms with E-state index in [4.69, 9.17) is 0 Å². The second kappa shape index (κ2) is 16.7. The maximum atomic E-state index is 2.99. The Hall–Kier alpha value is -1.27. The van der Waals surface area contributed by atoms with Gasteiger partial charge in [0.1, 0.15) is 0 Å². The number of hydrogen-bond donors (Lipinski definition) is 0. The molecule has 0 bridgehead atoms. The van der Waals surface area contributed by atoms with Crippen LogP contribution in [0.3, 0.4) is 0 Å². The minimum absolute atomic E-state index is 0. The first-order chi connectivity index (χ1) is 12.8. The summed E-state index contributed by atoms with van der Waals surface area (Å²) in [4.78, 5) is 0. The Bertz CT molecular complexity index is 781. The van der Waals surface area contributed by atoms with Crippen LogP contribution in [-0.4, -0.2) is 3.81 Å². The van der Waals surface area contributed by atoms with E-state index in [0.717, 1.165) is 6.42 Å². The Morgan fingerprint density at radius 2 is 1.14 bits per heavy atom. The summed E-state index contributed by atoms with van der Waals surface area (Å²) in [7, 11) is 2.63. The van der Waals surface area contributed by atoms with Crippen LogP contribution in [0, 0.1) is 6.08 Å². The second-order valence-electron chi connectivity index (χ2n) is 5.52. The van der Waals surface area contributed by atoms with Crippen LogP contribution >= 0.6 is 34.1 Å². The molecule has 143 valence electrons. The molecule has 1 aliphatic carbocycles. The molecule has 28 heavy (non-hydrogen) atoms. The van der Waals surface area contributed by atoms with Crippen LogP contribution in [-0.2, 0) is 20.0 Å². The van der Waals surface area contributed by atoms with Crippen molar-refractivity contribution in [3.8, 4) is 0 Å². The van der Waals surface area contributed by atoms with E-state index in [0.29, 0.717) is 0 Å². The van der Waals surface area contributed by atoms with Crippen LogP contribution in [0.5, 0.6) is 0 Å². The Kier molecular flexibility index (Phi) is 15.9. The monoisotopic (exact) mass is 461 g/mol. The Balaban J connectivity index is 0.000000438. The van der Waals surface area contributed by atoms with Crippen molar-refractivity contribution in [3.05, 3.63) is 126 Å². The molecule has 0 saturated heterocycles. The zero-order valence-electron chi connectivity index (χ0n) is 15.5. The van der Waals surface area contributed by atoms with Gasteiger partial charge in [-0.15, -0.1) is 40.5 Å². The standard InChI is InChI=1S/C13H10.C6H7P.C5H5.2ClH.Ti/c1-3-7-12(8-4-1)11-13-9-5-2-6-10-13;7-6-4-2-1-3-5-6;1-2-4-5-3-1;;;/h1-10H;1-5H,7H2;1-3H,4H2;2*1H;/q;;-1;;;+1. The van der Waals surface area contributed by atoms with E-state index in [1.807, 2.05) is 54.6 Å². The summed E-state index contributed by atoms with van der Waals surface area (Å²) in [6.45, 7) is 0. The number of rotatable bonds is 2. The van der Waals surface area contributed by atoms with Crippen LogP contribution in [0.1, 0.15) is 17.5 Å². The molecule has 4 rings (SSSR count). The Morgan fingerprint density at radius 1 is 0.714 bits per heavy atom. The van der Waals surface area contributed by atoms with Crippen molar-refractivity contribution < 1.29 is 20.0 Å². The number of allylic oxidation sites excluding steroid dienone is 4. The molecular formula is C24H24Cl2PTi. The summed E-state index contributed by atoms with van der Waals surface area (Å²) in [6, 6.07) is 31.1. The van der Waals surface area contributed by atoms with Crippen molar-refractivity contribution in [3.63, 3.8) is 0 Å². The summed E-state index contributed by atoms with van der Waals surface area (Å²) < 4.78 is 1.33. The molecule has 3 aromatic rings. The zero-order valence-corrected chi connectivity index (χ0v) is 19.8. The van der Waals surface area contributed by atoms with E-state index in [2.05, 4.69) is 89.9 Å². The number of benzene rings is 3. The van der Waals surface area contributed by atoms with Crippen molar-refractivity contribution in [2.75, 3.05) is 0 Å². The van der Waals surface area contributed by atoms with Gasteiger partial charge in [-0.2, -0.15) is 6.08 Å². The molecular weight excluding hydrogens is 438 g/mol. The zero-order chi connectivity index (χ0) is 18.5. The Labute approximate surface area is 195 Å². The van der Waals surface area contributed by atoms with Crippen molar-refractivity contribution in [1.82, 2.24) is 0 Å². The minimum atomic E-state index is 0. The van der Waals surface area contributed by atoms with Crippen LogP contribution in [0.15, 0.2) is 109 Å². The van der Waals surface area contributed by atoms with E-state index in [-0.39, 0.29) is 24.8 Å². The van der Waals surface area contributed by atoms with Crippen LogP contribution in [0.2, 0.25) is 0 Å². The Morgan fingerprint density at radius 3 is 1.39 bits per heavy atom. The number of hydrogen-bond acceptors (Lipinski definition) is 0. The summed E-state index contributed by atoms with van der Waals surface area (Å²) >= 11 is 2.16. The fourth-order valence-corrected chi connectivity index (χ4v) is 2.91. The summed E-state index contributed by atoms with van der Waals surface area (Å²) in [5.74, 6) is 0. The van der Waals surface area contributed by atoms with Gasteiger partial charge in [0.2, 0.25) is 0 Å². The molecule has 1 unspecified atom stereocenters. The predicted molar refractivity (Wildman–Crippen MR) is 128 cm³/mol. The molecule has 3 aromatic carbocycles. The van der Waals surface area contributed by atoms with Gasteiger partial charge in [-0.1, -0.05) is 30.3 Å². The van der Waals surface area contributed by atoms with Gasteiger partial charge in [-0.05, 0) is 5.30 Å². The SMILES string of the molecule is Cl.Cl.Pc1ccccc1.[C-]1=CC=CC1.[Ti+]=[C](c1ccccc1)c1ccccc1. The summed E-state index contributed by atoms with van der Waals surface area (Å²) in [5, 5.41) is 1.24. The third-order valence-corrected chi connectivity index (χ3v) is 4.80. The van der Waals surface area contributed by atoms with Gasteiger partial charge in [0.25, 0.3) is 0 Å². The molecule has 0 amide bonds. The van der Waals surface area contributed by atoms with Crippen molar-refractivity contribution >= 4 is 43.2 Å². The first-order valence-corrected chi connectivity index (χ1v) is 9.85.